The SMILES string of the molecule is CC1(C)Cc2nc(C3CCN(c4ncc(C[O-])cn4)CC3)c(C(F)c3ccc(C(F)(F)F)cc3)c(C3CCC(F)(F)CC3)c2C(O)C1.CCC.[Rb+]. The Morgan fingerprint density at radius 1 is 0.941 bits per heavy atom. The minimum atomic E-state index is -4.59. The standard InChI is InChI=1S/C35H39F6N4O2.C3H8.Rb/c1-33(2)15-25-28(26(47)16-33)27(21-7-11-34(37,38)12-8-21)29(30(36)22-3-5-24(6-4-22)35(39,40)41)31(44-25)23-9-13-45(14-10-23)32-42-17-20(19-46)18-43-32;1-3-2;/h3-6,17-18,21,23,26,30,47H,7-16,19H2,1-2H3;3H2,1-2H3;/q-1;;+1. The summed E-state index contributed by atoms with van der Waals surface area (Å²) in [5.41, 5.74) is 1.60. The fraction of sp³-hybridized carbons (Fsp3) is 0.605. The second-order valence-corrected chi connectivity index (χ2v) is 14.9. The Morgan fingerprint density at radius 3 is 2.04 bits per heavy atom. The number of nitrogens with zero attached hydrogens (tertiary/aromatic N) is 4. The molecule has 0 spiro atoms. The number of aliphatic hydroxyl groups excluding tert-OH is 1. The first-order chi connectivity index (χ1) is 23.6. The van der Waals surface area contributed by atoms with E-state index in [1.165, 1.54) is 18.8 Å². The zero-order valence-corrected chi connectivity index (χ0v) is 35.1. The van der Waals surface area contributed by atoms with Crippen molar-refractivity contribution in [2.24, 2.45) is 5.41 Å². The van der Waals surface area contributed by atoms with Crippen molar-refractivity contribution in [2.75, 3.05) is 18.0 Å². The number of halogens is 6. The zero-order valence-electron chi connectivity index (χ0n) is 30.2. The minimum Gasteiger partial charge on any atom is -0.851 e. The maximum absolute atomic E-state index is 17.1. The van der Waals surface area contributed by atoms with Gasteiger partial charge in [-0.05, 0) is 78.7 Å². The van der Waals surface area contributed by atoms with Crippen molar-refractivity contribution in [3.05, 3.63) is 81.4 Å². The summed E-state index contributed by atoms with van der Waals surface area (Å²) in [6.07, 6.45) is -1.78. The average Bonchev–Trinajstić information content (AvgIpc) is 3.07. The number of anilines is 1. The van der Waals surface area contributed by atoms with E-state index >= 15 is 4.39 Å². The summed E-state index contributed by atoms with van der Waals surface area (Å²) in [6.45, 7) is 8.88. The van der Waals surface area contributed by atoms with Crippen LogP contribution in [0.4, 0.5) is 32.3 Å². The number of rotatable bonds is 6. The van der Waals surface area contributed by atoms with Crippen LogP contribution >= 0.6 is 0 Å². The summed E-state index contributed by atoms with van der Waals surface area (Å²) in [7, 11) is 0. The van der Waals surface area contributed by atoms with Crippen LogP contribution in [0.5, 0.6) is 0 Å². The second-order valence-electron chi connectivity index (χ2n) is 14.9. The number of hydrogen-bond donors (Lipinski definition) is 1. The zero-order chi connectivity index (χ0) is 36.4. The molecule has 0 bridgehead atoms. The molecule has 2 fully saturated rings. The van der Waals surface area contributed by atoms with E-state index in [2.05, 4.69) is 23.8 Å². The number of benzene rings is 1. The molecule has 2 atom stereocenters. The first-order valence-corrected chi connectivity index (χ1v) is 17.6. The van der Waals surface area contributed by atoms with E-state index in [-0.39, 0.29) is 106 Å². The largest absolute Gasteiger partial charge is 1.00 e. The number of fused-ring (bicyclic) bond motifs is 1. The van der Waals surface area contributed by atoms with Gasteiger partial charge in [0.1, 0.15) is 0 Å². The molecular weight excluding hydrogens is 744 g/mol. The number of pyridine rings is 1. The Labute approximate surface area is 345 Å². The van der Waals surface area contributed by atoms with Crippen molar-refractivity contribution < 1.29 is 94.7 Å². The van der Waals surface area contributed by atoms with Crippen LogP contribution in [-0.2, 0) is 19.2 Å². The van der Waals surface area contributed by atoms with Gasteiger partial charge in [0.25, 0.3) is 0 Å². The first-order valence-electron chi connectivity index (χ1n) is 17.6. The number of aliphatic hydroxyl groups is 1. The maximum atomic E-state index is 17.1. The summed E-state index contributed by atoms with van der Waals surface area (Å²) in [5.74, 6) is -3.07. The molecule has 1 saturated heterocycles. The molecule has 3 heterocycles. The van der Waals surface area contributed by atoms with Gasteiger partial charge in [0.2, 0.25) is 11.9 Å². The summed E-state index contributed by atoms with van der Waals surface area (Å²) >= 11 is 0. The summed E-state index contributed by atoms with van der Waals surface area (Å²) in [4.78, 5) is 15.7. The fourth-order valence-corrected chi connectivity index (χ4v) is 7.65. The van der Waals surface area contributed by atoms with Crippen molar-refractivity contribution >= 4 is 5.95 Å². The molecule has 51 heavy (non-hydrogen) atoms. The normalized spacial score (nSPS) is 21.2. The molecule has 1 saturated carbocycles. The van der Waals surface area contributed by atoms with Gasteiger partial charge in [-0.15, -0.1) is 6.61 Å². The molecule has 2 unspecified atom stereocenters. The van der Waals surface area contributed by atoms with E-state index in [1.54, 1.807) is 0 Å². The third-order valence-corrected chi connectivity index (χ3v) is 10.1. The van der Waals surface area contributed by atoms with Gasteiger partial charge in [-0.1, -0.05) is 46.2 Å². The predicted octanol–water partition coefficient (Wildman–Crippen LogP) is 5.91. The van der Waals surface area contributed by atoms with E-state index in [1.807, 2.05) is 18.7 Å². The van der Waals surface area contributed by atoms with Crippen LogP contribution in [0.25, 0.3) is 0 Å². The first kappa shape index (κ1) is 42.3. The van der Waals surface area contributed by atoms with E-state index in [4.69, 9.17) is 4.98 Å². The van der Waals surface area contributed by atoms with E-state index in [0.29, 0.717) is 72.8 Å². The third kappa shape index (κ3) is 10.0. The predicted molar refractivity (Wildman–Crippen MR) is 178 cm³/mol. The molecule has 13 heteroatoms. The Balaban J connectivity index is 0.00000141. The molecule has 2 aliphatic carbocycles. The van der Waals surface area contributed by atoms with Crippen molar-refractivity contribution in [3.63, 3.8) is 0 Å². The van der Waals surface area contributed by atoms with Crippen molar-refractivity contribution in [1.29, 1.82) is 0 Å². The van der Waals surface area contributed by atoms with Gasteiger partial charge in [-0.3, -0.25) is 4.98 Å². The van der Waals surface area contributed by atoms with Crippen molar-refractivity contribution in [3.8, 4) is 0 Å². The monoisotopic (exact) mass is 790 g/mol. The molecule has 6 rings (SSSR count). The molecule has 0 amide bonds. The summed E-state index contributed by atoms with van der Waals surface area (Å²) in [5, 5.41) is 22.7. The van der Waals surface area contributed by atoms with Gasteiger partial charge in [-0.2, -0.15) is 13.2 Å². The number of aromatic nitrogens is 3. The van der Waals surface area contributed by atoms with E-state index in [9.17, 15) is 32.2 Å². The van der Waals surface area contributed by atoms with Gasteiger partial charge in [0.15, 0.2) is 6.17 Å². The molecule has 0 radical (unpaired) electrons. The number of alkyl halides is 6. The van der Waals surface area contributed by atoms with Gasteiger partial charge >= 0.3 is 64.4 Å². The van der Waals surface area contributed by atoms with Gasteiger partial charge < -0.3 is 15.1 Å². The van der Waals surface area contributed by atoms with Crippen LogP contribution in [-0.4, -0.2) is 39.1 Å². The van der Waals surface area contributed by atoms with Crippen LogP contribution in [0.3, 0.4) is 0 Å². The Morgan fingerprint density at radius 2 is 1.51 bits per heavy atom. The molecular formula is C38H47F6N4O2Rb. The van der Waals surface area contributed by atoms with Crippen LogP contribution in [0.1, 0.15) is 148 Å². The topological polar surface area (TPSA) is 85.2 Å². The van der Waals surface area contributed by atoms with Gasteiger partial charge in [0, 0.05) is 61.1 Å². The quantitative estimate of drug-likeness (QED) is 0.313. The fourth-order valence-electron chi connectivity index (χ4n) is 7.65. The number of hydrogen-bond acceptors (Lipinski definition) is 6. The Hall–Kier alpha value is -1.44. The smallest absolute Gasteiger partial charge is 0.851 e. The van der Waals surface area contributed by atoms with Crippen LogP contribution < -0.4 is 68.2 Å². The average molecular weight is 791 g/mol. The van der Waals surface area contributed by atoms with Crippen molar-refractivity contribution in [2.45, 2.75) is 128 Å². The summed E-state index contributed by atoms with van der Waals surface area (Å²) < 4.78 is 86.1. The number of piperidine rings is 1. The summed E-state index contributed by atoms with van der Waals surface area (Å²) in [6, 6.07) is 3.95. The van der Waals surface area contributed by atoms with E-state index in [0.717, 1.165) is 24.3 Å². The van der Waals surface area contributed by atoms with Crippen molar-refractivity contribution in [1.82, 2.24) is 15.0 Å². The molecule has 2 aromatic heterocycles. The van der Waals surface area contributed by atoms with Crippen LogP contribution in [0, 0.1) is 5.41 Å². The maximum Gasteiger partial charge on any atom is 1.00 e. The van der Waals surface area contributed by atoms with Gasteiger partial charge in [-0.25, -0.2) is 23.1 Å². The molecule has 6 nitrogen and oxygen atoms in total. The van der Waals surface area contributed by atoms with Crippen LogP contribution in [0.15, 0.2) is 36.7 Å². The van der Waals surface area contributed by atoms with E-state index < -0.39 is 42.5 Å². The second kappa shape index (κ2) is 17.3. The molecule has 274 valence electrons. The Kier molecular flexibility index (Phi) is 14.4. The van der Waals surface area contributed by atoms with Crippen LogP contribution in [0.2, 0.25) is 0 Å². The molecule has 1 N–H and O–H groups in total. The van der Waals surface area contributed by atoms with Gasteiger partial charge in [0.05, 0.1) is 17.4 Å². The molecule has 3 aliphatic rings. The Bertz CT molecular complexity index is 1590. The third-order valence-electron chi connectivity index (χ3n) is 10.1. The molecule has 3 aromatic rings. The minimum absolute atomic E-state index is 0. The molecule has 1 aromatic carbocycles. The molecule has 1 aliphatic heterocycles.